The normalized spacial score (nSPS) is 10.9. The predicted octanol–water partition coefficient (Wildman–Crippen LogP) is 3.99. The highest BCUT2D eigenvalue weighted by Crippen LogP contribution is 2.25. The summed E-state index contributed by atoms with van der Waals surface area (Å²) >= 11 is 3.37. The van der Waals surface area contributed by atoms with Crippen molar-refractivity contribution >= 4 is 44.8 Å². The van der Waals surface area contributed by atoms with Crippen LogP contribution in [0.3, 0.4) is 0 Å². The zero-order valence-corrected chi connectivity index (χ0v) is 16.3. The fourth-order valence-corrected chi connectivity index (χ4v) is 2.99. The van der Waals surface area contributed by atoms with Crippen molar-refractivity contribution in [1.29, 1.82) is 0 Å². The number of fused-ring (bicyclic) bond motifs is 1. The van der Waals surface area contributed by atoms with Crippen molar-refractivity contribution in [2.24, 2.45) is 0 Å². The zero-order chi connectivity index (χ0) is 19.4. The maximum atomic E-state index is 12.3. The Morgan fingerprint density at radius 3 is 2.67 bits per heavy atom. The Morgan fingerprint density at radius 2 is 1.93 bits per heavy atom. The summed E-state index contributed by atoms with van der Waals surface area (Å²) in [6, 6.07) is 12.8. The number of amides is 2. The van der Waals surface area contributed by atoms with Gasteiger partial charge >= 0.3 is 5.91 Å². The van der Waals surface area contributed by atoms with E-state index >= 15 is 0 Å². The molecule has 0 aliphatic carbocycles. The first-order chi connectivity index (χ1) is 13.0. The van der Waals surface area contributed by atoms with Crippen LogP contribution in [0.4, 0.5) is 0 Å². The predicted molar refractivity (Wildman–Crippen MR) is 106 cm³/mol. The van der Waals surface area contributed by atoms with Crippen LogP contribution in [-0.2, 0) is 4.79 Å². The first-order valence-electron chi connectivity index (χ1n) is 8.09. The Hall–Kier alpha value is -3.06. The monoisotopic (exact) mass is 428 g/mol. The molecule has 2 amide bonds. The highest BCUT2D eigenvalue weighted by Gasteiger charge is 2.17. The second-order valence-corrected chi connectivity index (χ2v) is 6.63. The maximum absolute atomic E-state index is 12.3. The quantitative estimate of drug-likeness (QED) is 0.486. The molecule has 0 unspecified atom stereocenters. The Bertz CT molecular complexity index is 1040. The van der Waals surface area contributed by atoms with Crippen LogP contribution in [0.1, 0.15) is 21.7 Å². The molecule has 2 aromatic carbocycles. The number of carbonyl (C=O) groups is 2. The molecule has 3 aromatic rings. The first-order valence-corrected chi connectivity index (χ1v) is 8.89. The first kappa shape index (κ1) is 18.7. The molecule has 27 heavy (non-hydrogen) atoms. The number of halogens is 1. The van der Waals surface area contributed by atoms with Gasteiger partial charge in [0.25, 0.3) is 5.91 Å². The number of furan rings is 1. The average molecular weight is 429 g/mol. The molecule has 2 N–H and O–H groups in total. The molecule has 0 bridgehead atoms. The number of nitrogens with one attached hydrogen (secondary N) is 2. The number of aryl methyl sites for hydroxylation is 1. The smallest absolute Gasteiger partial charge is 0.305 e. The minimum absolute atomic E-state index is 0.161. The van der Waals surface area contributed by atoms with Crippen molar-refractivity contribution in [3.05, 3.63) is 69.9 Å². The van der Waals surface area contributed by atoms with Crippen LogP contribution in [0.5, 0.6) is 5.75 Å². The molecular weight excluding hydrogens is 412 g/mol. The molecule has 0 saturated carbocycles. The van der Waals surface area contributed by atoms with Gasteiger partial charge < -0.3 is 9.15 Å². The van der Waals surface area contributed by atoms with Gasteiger partial charge in [-0.05, 0) is 37.3 Å². The Morgan fingerprint density at radius 1 is 1.15 bits per heavy atom. The molecule has 0 aliphatic heterocycles. The second kappa shape index (κ2) is 8.09. The lowest BCUT2D eigenvalue weighted by molar-refractivity contribution is -0.117. The molecule has 138 valence electrons. The highest BCUT2D eigenvalue weighted by atomic mass is 79.9. The highest BCUT2D eigenvalue weighted by molar-refractivity contribution is 9.10. The van der Waals surface area contributed by atoms with E-state index in [1.54, 1.807) is 32.2 Å². The van der Waals surface area contributed by atoms with Gasteiger partial charge in [-0.25, -0.2) is 0 Å². The van der Waals surface area contributed by atoms with Crippen LogP contribution >= 0.6 is 15.9 Å². The molecule has 0 spiro atoms. The van der Waals surface area contributed by atoms with Gasteiger partial charge in [-0.3, -0.25) is 20.4 Å². The summed E-state index contributed by atoms with van der Waals surface area (Å²) in [6.07, 6.45) is 2.90. The molecule has 1 heterocycles. The third kappa shape index (κ3) is 4.20. The van der Waals surface area contributed by atoms with Crippen LogP contribution in [0.2, 0.25) is 0 Å². The van der Waals surface area contributed by atoms with Crippen LogP contribution in [0.15, 0.2) is 57.4 Å². The van der Waals surface area contributed by atoms with Crippen molar-refractivity contribution < 1.29 is 18.7 Å². The van der Waals surface area contributed by atoms with Crippen molar-refractivity contribution in [2.75, 3.05) is 7.11 Å². The summed E-state index contributed by atoms with van der Waals surface area (Å²) in [6.45, 7) is 1.79. The van der Waals surface area contributed by atoms with E-state index < -0.39 is 11.8 Å². The molecule has 0 fully saturated rings. The summed E-state index contributed by atoms with van der Waals surface area (Å²) in [7, 11) is 1.55. The molecular formula is C20H17BrN2O4. The van der Waals surface area contributed by atoms with Crippen LogP contribution in [0.25, 0.3) is 17.0 Å². The van der Waals surface area contributed by atoms with Crippen molar-refractivity contribution in [1.82, 2.24) is 10.9 Å². The summed E-state index contributed by atoms with van der Waals surface area (Å²) in [4.78, 5) is 24.3. The van der Waals surface area contributed by atoms with E-state index in [2.05, 4.69) is 26.8 Å². The number of carbonyl (C=O) groups excluding carboxylic acids is 2. The third-order valence-corrected chi connectivity index (χ3v) is 4.45. The average Bonchev–Trinajstić information content (AvgIpc) is 3.01. The van der Waals surface area contributed by atoms with E-state index in [9.17, 15) is 9.59 Å². The van der Waals surface area contributed by atoms with Gasteiger partial charge in [0, 0.05) is 27.1 Å². The van der Waals surface area contributed by atoms with Gasteiger partial charge in [0.05, 0.1) is 7.11 Å². The summed E-state index contributed by atoms with van der Waals surface area (Å²) in [5.41, 5.74) is 6.75. The van der Waals surface area contributed by atoms with Gasteiger partial charge in [-0.1, -0.05) is 34.1 Å². The fourth-order valence-electron chi connectivity index (χ4n) is 2.61. The van der Waals surface area contributed by atoms with E-state index in [1.807, 2.05) is 30.3 Å². The third-order valence-electron chi connectivity index (χ3n) is 3.96. The van der Waals surface area contributed by atoms with Gasteiger partial charge in [0.2, 0.25) is 0 Å². The number of hydrogen-bond acceptors (Lipinski definition) is 4. The number of hydrazine groups is 1. The zero-order valence-electron chi connectivity index (χ0n) is 14.7. The standard InChI is InChI=1S/C20H17BrN2O4/c1-12-15-5-3-4-6-17(15)27-19(12)20(25)23-22-18(24)10-7-13-11-14(21)8-9-16(13)26-2/h3-11H,1-2H3,(H,22,24)(H,23,25)/b10-7+. The van der Waals surface area contributed by atoms with Gasteiger partial charge in [0.1, 0.15) is 11.3 Å². The number of para-hydroxylation sites is 1. The van der Waals surface area contributed by atoms with Crippen molar-refractivity contribution in [2.45, 2.75) is 6.92 Å². The largest absolute Gasteiger partial charge is 0.496 e. The Balaban J connectivity index is 1.66. The second-order valence-electron chi connectivity index (χ2n) is 5.72. The minimum Gasteiger partial charge on any atom is -0.496 e. The summed E-state index contributed by atoms with van der Waals surface area (Å²) in [5.74, 6) is -0.219. The maximum Gasteiger partial charge on any atom is 0.305 e. The molecule has 3 rings (SSSR count). The molecule has 7 heteroatoms. The number of ether oxygens (including phenoxy) is 1. The number of hydrogen-bond donors (Lipinski definition) is 2. The van der Waals surface area contributed by atoms with Crippen LogP contribution < -0.4 is 15.6 Å². The lowest BCUT2D eigenvalue weighted by Crippen LogP contribution is -2.40. The van der Waals surface area contributed by atoms with Crippen LogP contribution in [-0.4, -0.2) is 18.9 Å². The molecule has 6 nitrogen and oxygen atoms in total. The van der Waals surface area contributed by atoms with E-state index in [4.69, 9.17) is 9.15 Å². The SMILES string of the molecule is COc1ccc(Br)cc1/C=C/C(=O)NNC(=O)c1oc2ccccc2c1C. The van der Waals surface area contributed by atoms with Crippen LogP contribution in [0, 0.1) is 6.92 Å². The Kier molecular flexibility index (Phi) is 5.61. The lowest BCUT2D eigenvalue weighted by atomic mass is 10.1. The number of methoxy groups -OCH3 is 1. The van der Waals surface area contributed by atoms with E-state index in [1.165, 1.54) is 6.08 Å². The lowest BCUT2D eigenvalue weighted by Gasteiger charge is -2.06. The van der Waals surface area contributed by atoms with Gasteiger partial charge in [0.15, 0.2) is 5.76 Å². The number of rotatable bonds is 4. The topological polar surface area (TPSA) is 80.6 Å². The molecule has 0 atom stereocenters. The van der Waals surface area contributed by atoms with Gasteiger partial charge in [-0.15, -0.1) is 0 Å². The summed E-state index contributed by atoms with van der Waals surface area (Å²) < 4.78 is 11.7. The van der Waals surface area contributed by atoms with Crippen molar-refractivity contribution in [3.63, 3.8) is 0 Å². The van der Waals surface area contributed by atoms with E-state index in [0.29, 0.717) is 16.9 Å². The van der Waals surface area contributed by atoms with E-state index in [-0.39, 0.29) is 5.76 Å². The molecule has 0 aliphatic rings. The molecule has 0 radical (unpaired) electrons. The van der Waals surface area contributed by atoms with E-state index in [0.717, 1.165) is 15.4 Å². The van der Waals surface area contributed by atoms with Crippen molar-refractivity contribution in [3.8, 4) is 5.75 Å². The molecule has 0 saturated heterocycles. The fraction of sp³-hybridized carbons (Fsp3) is 0.100. The minimum atomic E-state index is -0.523. The number of benzene rings is 2. The summed E-state index contributed by atoms with van der Waals surface area (Å²) in [5, 5.41) is 0.857. The molecule has 1 aromatic heterocycles. The Labute approximate surface area is 164 Å². The van der Waals surface area contributed by atoms with Gasteiger partial charge in [-0.2, -0.15) is 0 Å².